The van der Waals surface area contributed by atoms with Crippen LogP contribution < -0.4 is 0 Å². The van der Waals surface area contributed by atoms with Crippen LogP contribution in [0.2, 0.25) is 0 Å². The van der Waals surface area contributed by atoms with Crippen LogP contribution in [0, 0.1) is 20.2 Å². The van der Waals surface area contributed by atoms with Crippen molar-refractivity contribution >= 4 is 58.8 Å². The molecule has 0 N–H and O–H groups in total. The molecule has 4 rings (SSSR count). The zero-order chi connectivity index (χ0) is 31.9. The van der Waals surface area contributed by atoms with Crippen LogP contribution in [0.15, 0.2) is 48.5 Å². The van der Waals surface area contributed by atoms with Crippen molar-refractivity contribution in [3.63, 3.8) is 0 Å². The van der Waals surface area contributed by atoms with Gasteiger partial charge in [0.25, 0.3) is 16.5 Å². The van der Waals surface area contributed by atoms with Crippen molar-refractivity contribution < 1.29 is 57.4 Å². The molecule has 0 amide bonds. The molecule has 18 heteroatoms. The minimum atomic E-state index is -1.90. The Morgan fingerprint density at radius 2 is 1.61 bits per heavy atom. The maximum Gasteiger partial charge on any atom is 0.354 e. The van der Waals surface area contributed by atoms with E-state index in [0.717, 1.165) is 42.6 Å². The molecule has 3 unspecified atom stereocenters. The summed E-state index contributed by atoms with van der Waals surface area (Å²) in [4.78, 5) is 70.3. The van der Waals surface area contributed by atoms with Gasteiger partial charge in [0.15, 0.2) is 11.5 Å². The summed E-state index contributed by atoms with van der Waals surface area (Å²) in [6.07, 6.45) is -1.81. The number of esters is 4. The maximum absolute atomic E-state index is 13.6. The Bertz CT molecular complexity index is 1460. The number of nitro benzene ring substituents is 2. The van der Waals surface area contributed by atoms with Crippen LogP contribution in [0.5, 0.6) is 0 Å². The maximum atomic E-state index is 13.6. The number of carbonyl (C=O) groups is 4. The Kier molecular flexibility index (Phi) is 10.4. The minimum Gasteiger partial charge on any atom is -0.458 e. The van der Waals surface area contributed by atoms with E-state index < -0.39 is 68.8 Å². The predicted octanol–water partition coefficient (Wildman–Crippen LogP) is 2.87. The first-order chi connectivity index (χ1) is 21.0. The first-order valence-electron chi connectivity index (χ1n) is 12.7. The number of rotatable bonds is 12. The molecule has 44 heavy (non-hydrogen) atoms. The Morgan fingerprint density at radius 3 is 2.25 bits per heavy atom. The molecule has 2 aromatic rings. The Labute approximate surface area is 256 Å². The van der Waals surface area contributed by atoms with Gasteiger partial charge in [0.2, 0.25) is 6.10 Å². The number of hydrogen-bond donors (Lipinski definition) is 0. The average Bonchev–Trinajstić information content (AvgIpc) is 3.68. The summed E-state index contributed by atoms with van der Waals surface area (Å²) in [7, 11) is 0. The number of non-ortho nitro benzene ring substituents is 1. The first kappa shape index (κ1) is 32.6. The Morgan fingerprint density at radius 1 is 0.909 bits per heavy atom. The molecule has 2 heterocycles. The van der Waals surface area contributed by atoms with E-state index in [0.29, 0.717) is 11.5 Å². The molecule has 0 aliphatic carbocycles. The fraction of sp³-hybridized carbons (Fsp3) is 0.385. The van der Waals surface area contributed by atoms with Crippen molar-refractivity contribution in [2.24, 2.45) is 0 Å². The number of ether oxygens (including phenoxy) is 6. The zero-order valence-electron chi connectivity index (χ0n) is 22.9. The number of nitrogens with zero attached hydrogens (tertiary/aromatic N) is 2. The van der Waals surface area contributed by atoms with Crippen LogP contribution in [-0.2, 0) is 38.0 Å². The molecule has 2 aliphatic heterocycles. The molecule has 0 bridgehead atoms. The van der Waals surface area contributed by atoms with Gasteiger partial charge in [0.1, 0.15) is 12.2 Å². The number of hydrogen-bond acceptors (Lipinski definition) is 16. The fourth-order valence-electron chi connectivity index (χ4n) is 4.11. The number of para-hydroxylation sites is 1. The second-order valence-corrected chi connectivity index (χ2v) is 11.7. The van der Waals surface area contributed by atoms with Gasteiger partial charge in [-0.15, -0.1) is 11.8 Å². The van der Waals surface area contributed by atoms with E-state index in [-0.39, 0.29) is 30.0 Å². The Hall–Kier alpha value is -4.26. The molecule has 234 valence electrons. The normalized spacial score (nSPS) is 21.6. The quantitative estimate of drug-likeness (QED) is 0.140. The lowest BCUT2D eigenvalue weighted by atomic mass is 10.2. The van der Waals surface area contributed by atoms with Gasteiger partial charge in [0, 0.05) is 36.6 Å². The second-order valence-electron chi connectivity index (χ2n) is 9.03. The molecule has 0 spiro atoms. The largest absolute Gasteiger partial charge is 0.458 e. The van der Waals surface area contributed by atoms with Crippen molar-refractivity contribution in [2.75, 3.05) is 37.9 Å². The van der Waals surface area contributed by atoms with Gasteiger partial charge >= 0.3 is 23.9 Å². The van der Waals surface area contributed by atoms with Crippen molar-refractivity contribution in [2.45, 2.75) is 23.1 Å². The molecule has 3 atom stereocenters. The summed E-state index contributed by atoms with van der Waals surface area (Å²) in [6, 6.07) is 9.92. The van der Waals surface area contributed by atoms with Gasteiger partial charge in [-0.3, -0.25) is 25.0 Å². The van der Waals surface area contributed by atoms with Gasteiger partial charge in [-0.25, -0.2) is 14.4 Å². The van der Waals surface area contributed by atoms with E-state index >= 15 is 0 Å². The first-order valence-corrected chi connectivity index (χ1v) is 14.7. The SMILES string of the molecule is CC(=O)OC(C(=O)OC1(COC(=O)c2ccccc2[N+](=O)[O-])OCCS1)C1(COC(=O)c2cccc([N+](=O)[O-])c2)OCCS1. The lowest BCUT2D eigenvalue weighted by Crippen LogP contribution is -2.53. The van der Waals surface area contributed by atoms with Crippen molar-refractivity contribution in [1.82, 2.24) is 0 Å². The number of carbonyl (C=O) groups excluding carboxylic acids is 4. The second kappa shape index (κ2) is 14.0. The Balaban J connectivity index is 1.52. The molecular formula is C26H24N2O14S2. The highest BCUT2D eigenvalue weighted by Gasteiger charge is 2.55. The summed E-state index contributed by atoms with van der Waals surface area (Å²) in [6.45, 7) is -0.109. The monoisotopic (exact) mass is 652 g/mol. The molecule has 0 radical (unpaired) electrons. The predicted molar refractivity (Wildman–Crippen MR) is 151 cm³/mol. The average molecular weight is 653 g/mol. The van der Waals surface area contributed by atoms with Gasteiger partial charge in [-0.05, 0) is 12.1 Å². The molecule has 0 aromatic heterocycles. The highest BCUT2D eigenvalue weighted by atomic mass is 32.2. The topological polar surface area (TPSA) is 210 Å². The van der Waals surface area contributed by atoms with Crippen LogP contribution in [0.4, 0.5) is 11.4 Å². The third-order valence-electron chi connectivity index (χ3n) is 6.05. The molecular weight excluding hydrogens is 628 g/mol. The molecule has 2 saturated heterocycles. The summed E-state index contributed by atoms with van der Waals surface area (Å²) < 4.78 is 32.8. The molecule has 2 fully saturated rings. The summed E-state index contributed by atoms with van der Waals surface area (Å²) >= 11 is 1.97. The van der Waals surface area contributed by atoms with Crippen LogP contribution in [0.1, 0.15) is 27.6 Å². The fourth-order valence-corrected chi connectivity index (χ4v) is 6.16. The lowest BCUT2D eigenvalue weighted by molar-refractivity contribution is -0.385. The standard InChI is InChI=1S/C26H24N2O14S2/c1-16(29)41-21(25(39-9-11-43-25)14-37-22(30)17-5-4-6-18(13-17)27(33)34)24(32)42-26(40-10-12-44-26)15-38-23(31)19-7-2-3-8-20(19)28(35)36/h2-8,13,21H,9-12,14-15H2,1H3. The van der Waals surface area contributed by atoms with E-state index in [4.69, 9.17) is 28.4 Å². The van der Waals surface area contributed by atoms with Crippen LogP contribution in [-0.4, -0.2) is 87.8 Å². The third-order valence-corrected chi connectivity index (χ3v) is 8.49. The van der Waals surface area contributed by atoms with E-state index in [1.165, 1.54) is 36.4 Å². The number of nitro groups is 2. The van der Waals surface area contributed by atoms with Crippen LogP contribution >= 0.6 is 23.5 Å². The van der Waals surface area contributed by atoms with Crippen molar-refractivity contribution in [3.05, 3.63) is 79.9 Å². The summed E-state index contributed by atoms with van der Waals surface area (Å²) in [5, 5.41) is 20.5. The number of thioether (sulfide) groups is 2. The van der Waals surface area contributed by atoms with Gasteiger partial charge in [0.05, 0.1) is 28.6 Å². The van der Waals surface area contributed by atoms with Crippen LogP contribution in [0.25, 0.3) is 0 Å². The van der Waals surface area contributed by atoms with Gasteiger partial charge in [-0.2, -0.15) is 0 Å². The minimum absolute atomic E-state index is 0.0773. The zero-order valence-corrected chi connectivity index (χ0v) is 24.5. The summed E-state index contributed by atoms with van der Waals surface area (Å²) in [5.74, 6) is -3.50. The van der Waals surface area contributed by atoms with E-state index in [1.807, 2.05) is 0 Å². The molecule has 16 nitrogen and oxygen atoms in total. The van der Waals surface area contributed by atoms with E-state index in [9.17, 15) is 39.4 Å². The number of benzene rings is 2. The molecule has 2 aliphatic rings. The highest BCUT2D eigenvalue weighted by molar-refractivity contribution is 8.01. The van der Waals surface area contributed by atoms with E-state index in [1.54, 1.807) is 0 Å². The van der Waals surface area contributed by atoms with Gasteiger partial charge < -0.3 is 28.4 Å². The lowest BCUT2D eigenvalue weighted by Gasteiger charge is -2.35. The van der Waals surface area contributed by atoms with Crippen molar-refractivity contribution in [3.8, 4) is 0 Å². The van der Waals surface area contributed by atoms with Gasteiger partial charge in [-0.1, -0.05) is 30.0 Å². The molecule has 2 aromatic carbocycles. The highest BCUT2D eigenvalue weighted by Crippen LogP contribution is 2.41. The van der Waals surface area contributed by atoms with Crippen molar-refractivity contribution in [1.29, 1.82) is 0 Å². The molecule has 0 saturated carbocycles. The van der Waals surface area contributed by atoms with E-state index in [2.05, 4.69) is 0 Å². The third kappa shape index (κ3) is 7.62. The smallest absolute Gasteiger partial charge is 0.354 e. The summed E-state index contributed by atoms with van der Waals surface area (Å²) in [5.41, 5.74) is -1.31. The van der Waals surface area contributed by atoms with Crippen LogP contribution in [0.3, 0.4) is 0 Å².